The molecule has 2 aromatic rings. The summed E-state index contributed by atoms with van der Waals surface area (Å²) < 4.78 is 1.39. The molecule has 0 atom stereocenters. The van der Waals surface area contributed by atoms with E-state index in [9.17, 15) is 9.59 Å². The molecular weight excluding hydrogens is 264 g/mol. The fourth-order valence-electron chi connectivity index (χ4n) is 2.35. The molecule has 0 aliphatic rings. The predicted octanol–water partition coefficient (Wildman–Crippen LogP) is 3.00. The fourth-order valence-corrected chi connectivity index (χ4v) is 2.35. The van der Waals surface area contributed by atoms with Crippen LogP contribution in [0.4, 0.5) is 0 Å². The van der Waals surface area contributed by atoms with Gasteiger partial charge in [0.2, 0.25) is 0 Å². The molecule has 110 valence electrons. The van der Waals surface area contributed by atoms with Crippen molar-refractivity contribution in [3.05, 3.63) is 51.3 Å². The largest absolute Gasteiger partial charge is 0.298 e. The first-order chi connectivity index (χ1) is 9.92. The van der Waals surface area contributed by atoms with Crippen molar-refractivity contribution in [1.82, 2.24) is 9.78 Å². The molecule has 0 aliphatic heterocycles. The van der Waals surface area contributed by atoms with Crippen LogP contribution in [0.1, 0.15) is 35.3 Å². The normalized spacial score (nSPS) is 10.9. The summed E-state index contributed by atoms with van der Waals surface area (Å²) in [5.41, 5.74) is 3.68. The summed E-state index contributed by atoms with van der Waals surface area (Å²) in [5.74, 6) is 0.282. The smallest absolute Gasteiger partial charge is 0.277 e. The molecule has 0 aliphatic carbocycles. The van der Waals surface area contributed by atoms with Crippen molar-refractivity contribution in [3.63, 3.8) is 0 Å². The van der Waals surface area contributed by atoms with Crippen molar-refractivity contribution < 1.29 is 4.79 Å². The first-order valence-corrected chi connectivity index (χ1v) is 7.07. The molecule has 0 bridgehead atoms. The monoisotopic (exact) mass is 284 g/mol. The van der Waals surface area contributed by atoms with Gasteiger partial charge in [-0.3, -0.25) is 9.59 Å². The van der Waals surface area contributed by atoms with Gasteiger partial charge in [0.25, 0.3) is 5.56 Å². The Morgan fingerprint density at radius 1 is 1.24 bits per heavy atom. The van der Waals surface area contributed by atoms with Crippen molar-refractivity contribution in [2.45, 2.75) is 34.2 Å². The molecular formula is C17H20N2O2. The third-order valence-electron chi connectivity index (χ3n) is 3.32. The third-order valence-corrected chi connectivity index (χ3v) is 3.32. The second-order valence-electron chi connectivity index (χ2n) is 5.80. The molecule has 4 nitrogen and oxygen atoms in total. The molecule has 0 radical (unpaired) electrons. The van der Waals surface area contributed by atoms with E-state index in [0.29, 0.717) is 18.5 Å². The summed E-state index contributed by atoms with van der Waals surface area (Å²) in [6, 6.07) is 7.62. The lowest BCUT2D eigenvalue weighted by atomic mass is 10.0. The van der Waals surface area contributed by atoms with E-state index < -0.39 is 0 Å². The minimum Gasteiger partial charge on any atom is -0.298 e. The lowest BCUT2D eigenvalue weighted by molar-refractivity contribution is 0.112. The van der Waals surface area contributed by atoms with Crippen LogP contribution in [-0.4, -0.2) is 16.1 Å². The van der Waals surface area contributed by atoms with Crippen LogP contribution in [0.2, 0.25) is 0 Å². The van der Waals surface area contributed by atoms with Crippen LogP contribution in [0.15, 0.2) is 29.1 Å². The molecule has 0 fully saturated rings. The summed E-state index contributed by atoms with van der Waals surface area (Å²) in [4.78, 5) is 23.3. The topological polar surface area (TPSA) is 52.0 Å². The summed E-state index contributed by atoms with van der Waals surface area (Å²) >= 11 is 0. The molecule has 1 aromatic heterocycles. The van der Waals surface area contributed by atoms with Gasteiger partial charge in [-0.2, -0.15) is 5.10 Å². The van der Waals surface area contributed by atoms with Gasteiger partial charge in [0.1, 0.15) is 0 Å². The number of hydrogen-bond donors (Lipinski definition) is 0. The average molecular weight is 284 g/mol. The number of carbonyl (C=O) groups excluding carboxylic acids is 1. The van der Waals surface area contributed by atoms with Crippen molar-refractivity contribution in [2.24, 2.45) is 5.92 Å². The van der Waals surface area contributed by atoms with Crippen LogP contribution in [0, 0.1) is 19.8 Å². The maximum absolute atomic E-state index is 12.1. The number of carbonyl (C=O) groups is 1. The number of nitrogens with zero attached hydrogens (tertiary/aromatic N) is 2. The number of aryl methyl sites for hydroxylation is 2. The number of benzene rings is 1. The molecule has 4 heteroatoms. The highest BCUT2D eigenvalue weighted by Crippen LogP contribution is 2.22. The lowest BCUT2D eigenvalue weighted by Gasteiger charge is -2.12. The number of aromatic nitrogens is 2. The summed E-state index contributed by atoms with van der Waals surface area (Å²) in [6.07, 6.45) is 0.605. The Kier molecular flexibility index (Phi) is 4.36. The van der Waals surface area contributed by atoms with Gasteiger partial charge < -0.3 is 0 Å². The predicted molar refractivity (Wildman–Crippen MR) is 83.6 cm³/mol. The number of aldehydes is 1. The van der Waals surface area contributed by atoms with Crippen LogP contribution in [0.3, 0.4) is 0 Å². The zero-order valence-corrected chi connectivity index (χ0v) is 12.9. The van der Waals surface area contributed by atoms with Gasteiger partial charge >= 0.3 is 0 Å². The highest BCUT2D eigenvalue weighted by molar-refractivity contribution is 5.77. The molecule has 0 N–H and O–H groups in total. The molecule has 1 heterocycles. The molecule has 0 spiro atoms. The summed E-state index contributed by atoms with van der Waals surface area (Å²) in [6.45, 7) is 8.55. The van der Waals surface area contributed by atoms with Crippen LogP contribution in [-0.2, 0) is 6.54 Å². The Bertz CT molecular complexity index is 730. The van der Waals surface area contributed by atoms with Crippen molar-refractivity contribution in [2.75, 3.05) is 0 Å². The summed E-state index contributed by atoms with van der Waals surface area (Å²) in [7, 11) is 0. The van der Waals surface area contributed by atoms with Crippen LogP contribution in [0.25, 0.3) is 11.3 Å². The molecule has 0 amide bonds. The summed E-state index contributed by atoms with van der Waals surface area (Å²) in [5, 5.41) is 4.43. The molecule has 21 heavy (non-hydrogen) atoms. The van der Waals surface area contributed by atoms with Gasteiger partial charge in [0.05, 0.1) is 11.3 Å². The van der Waals surface area contributed by atoms with Crippen molar-refractivity contribution >= 4 is 6.29 Å². The van der Waals surface area contributed by atoms with E-state index in [2.05, 4.69) is 11.2 Å². The first-order valence-electron chi connectivity index (χ1n) is 7.07. The molecule has 0 unspecified atom stereocenters. The highest BCUT2D eigenvalue weighted by Gasteiger charge is 2.12. The molecule has 2 rings (SSSR count). The van der Waals surface area contributed by atoms with E-state index in [-0.39, 0.29) is 17.0 Å². The quantitative estimate of drug-likeness (QED) is 0.811. The Morgan fingerprint density at radius 2 is 1.95 bits per heavy atom. The number of rotatable bonds is 4. The standard InChI is InChI=1S/C17H20N2O2/c1-11(2)9-19-17(21)14(10-20)8-16(18-19)15-6-5-12(3)7-13(15)4/h5-8,10-11H,9H2,1-4H3. The SMILES string of the molecule is Cc1ccc(-c2cc(C=O)c(=O)n(CC(C)C)n2)c(C)c1. The second-order valence-corrected chi connectivity index (χ2v) is 5.80. The Morgan fingerprint density at radius 3 is 2.52 bits per heavy atom. The molecule has 0 saturated heterocycles. The minimum atomic E-state index is -0.327. The highest BCUT2D eigenvalue weighted by atomic mass is 16.1. The molecule has 0 saturated carbocycles. The zero-order chi connectivity index (χ0) is 15.6. The van der Waals surface area contributed by atoms with E-state index in [0.717, 1.165) is 11.1 Å². The maximum atomic E-state index is 12.1. The van der Waals surface area contributed by atoms with Crippen LogP contribution < -0.4 is 5.56 Å². The minimum absolute atomic E-state index is 0.153. The lowest BCUT2D eigenvalue weighted by Crippen LogP contribution is -2.28. The Balaban J connectivity index is 2.63. The average Bonchev–Trinajstić information content (AvgIpc) is 2.41. The molecule has 1 aromatic carbocycles. The van der Waals surface area contributed by atoms with Crippen LogP contribution in [0.5, 0.6) is 0 Å². The Labute approximate surface area is 124 Å². The number of hydrogen-bond acceptors (Lipinski definition) is 3. The van der Waals surface area contributed by atoms with Crippen LogP contribution >= 0.6 is 0 Å². The van der Waals surface area contributed by atoms with Gasteiger partial charge in [-0.15, -0.1) is 0 Å². The van der Waals surface area contributed by atoms with E-state index in [1.165, 1.54) is 10.2 Å². The van der Waals surface area contributed by atoms with Gasteiger partial charge in [-0.1, -0.05) is 37.6 Å². The van der Waals surface area contributed by atoms with Crippen molar-refractivity contribution in [3.8, 4) is 11.3 Å². The zero-order valence-electron chi connectivity index (χ0n) is 12.9. The first kappa shape index (κ1) is 15.2. The van der Waals surface area contributed by atoms with Crippen molar-refractivity contribution in [1.29, 1.82) is 0 Å². The Hall–Kier alpha value is -2.23. The van der Waals surface area contributed by atoms with E-state index in [4.69, 9.17) is 0 Å². The van der Waals surface area contributed by atoms with Gasteiger partial charge in [-0.05, 0) is 31.4 Å². The third kappa shape index (κ3) is 3.27. The fraction of sp³-hybridized carbons (Fsp3) is 0.353. The second kappa shape index (κ2) is 6.04. The van der Waals surface area contributed by atoms with E-state index >= 15 is 0 Å². The van der Waals surface area contributed by atoms with E-state index in [1.807, 2.05) is 39.8 Å². The maximum Gasteiger partial charge on any atom is 0.277 e. The van der Waals surface area contributed by atoms with Gasteiger partial charge in [0, 0.05) is 12.1 Å². The van der Waals surface area contributed by atoms with Gasteiger partial charge in [-0.25, -0.2) is 4.68 Å². The van der Waals surface area contributed by atoms with Gasteiger partial charge in [0.15, 0.2) is 6.29 Å². The van der Waals surface area contributed by atoms with E-state index in [1.54, 1.807) is 6.07 Å².